The van der Waals surface area contributed by atoms with Gasteiger partial charge in [-0.2, -0.15) is 9.61 Å². The Hall–Kier alpha value is -3.20. The number of hydrogen-bond donors (Lipinski definition) is 3. The maximum absolute atomic E-state index is 11.4. The highest BCUT2D eigenvalue weighted by Crippen LogP contribution is 2.25. The van der Waals surface area contributed by atoms with E-state index in [2.05, 4.69) is 34.1 Å². The van der Waals surface area contributed by atoms with Gasteiger partial charge in [0.15, 0.2) is 11.1 Å². The van der Waals surface area contributed by atoms with E-state index in [1.165, 1.54) is 11.3 Å². The molecule has 4 heterocycles. The Balaban J connectivity index is 1.77. The van der Waals surface area contributed by atoms with Gasteiger partial charge in [-0.25, -0.2) is 9.78 Å². The van der Waals surface area contributed by atoms with Gasteiger partial charge in [0.25, 0.3) is 0 Å². The van der Waals surface area contributed by atoms with Crippen LogP contribution in [0.2, 0.25) is 0 Å². The third kappa shape index (κ3) is 2.93. The number of rotatable bonds is 3. The number of thiophene rings is 1. The average molecular weight is 394 g/mol. The van der Waals surface area contributed by atoms with E-state index in [0.717, 1.165) is 28.9 Å². The molecule has 0 aliphatic heterocycles. The number of imidazole rings is 1. The fourth-order valence-corrected chi connectivity index (χ4v) is 4.03. The number of fused-ring (bicyclic) bond motifs is 1. The number of aromatic hydroxyl groups is 1. The molecule has 0 unspecified atom stereocenters. The summed E-state index contributed by atoms with van der Waals surface area (Å²) in [5.41, 5.74) is 2.05. The Morgan fingerprint density at radius 2 is 2.21 bits per heavy atom. The van der Waals surface area contributed by atoms with Crippen molar-refractivity contribution in [3.63, 3.8) is 0 Å². The Morgan fingerprint density at radius 1 is 1.36 bits per heavy atom. The van der Waals surface area contributed by atoms with Gasteiger partial charge < -0.3 is 10.1 Å². The minimum Gasteiger partial charge on any atom is -0.493 e. The van der Waals surface area contributed by atoms with Crippen LogP contribution in [0.1, 0.15) is 29.8 Å². The predicted molar refractivity (Wildman–Crippen MR) is 106 cm³/mol. The van der Waals surface area contributed by atoms with Crippen LogP contribution < -0.4 is 16.4 Å². The van der Waals surface area contributed by atoms with E-state index in [1.54, 1.807) is 28.1 Å². The van der Waals surface area contributed by atoms with Crippen molar-refractivity contribution in [1.29, 1.82) is 0 Å². The molecule has 4 aromatic heterocycles. The molecule has 1 fully saturated rings. The quantitative estimate of drug-likeness (QED) is 0.489. The second kappa shape index (κ2) is 6.45. The van der Waals surface area contributed by atoms with E-state index < -0.39 is 5.69 Å². The van der Waals surface area contributed by atoms with E-state index >= 15 is 0 Å². The van der Waals surface area contributed by atoms with Gasteiger partial charge in [-0.05, 0) is 44.4 Å². The highest BCUT2D eigenvalue weighted by molar-refractivity contribution is 7.15. The van der Waals surface area contributed by atoms with E-state index in [-0.39, 0.29) is 11.6 Å². The van der Waals surface area contributed by atoms with Crippen LogP contribution in [0.5, 0.6) is 5.88 Å². The van der Waals surface area contributed by atoms with Crippen molar-refractivity contribution in [3.8, 4) is 16.5 Å². The minimum absolute atomic E-state index is 0.214. The summed E-state index contributed by atoms with van der Waals surface area (Å²) in [4.78, 5) is 28.2. The number of aromatic amines is 2. The number of aromatic nitrogens is 5. The van der Waals surface area contributed by atoms with E-state index in [0.29, 0.717) is 16.9 Å². The fourth-order valence-electron chi connectivity index (χ4n) is 3.21. The SMILES string of the molecule is Cc1ccc(-c2cc(=NC3CCC3)n3nc/c(=C/c4[nH]c(=O)[nH]c4O)c3n2)s1. The van der Waals surface area contributed by atoms with Crippen molar-refractivity contribution in [2.45, 2.75) is 32.2 Å². The summed E-state index contributed by atoms with van der Waals surface area (Å²) in [5, 5.41) is 15.0. The molecular weight excluding hydrogens is 376 g/mol. The topological polar surface area (TPSA) is 111 Å². The Labute approximate surface area is 162 Å². The largest absolute Gasteiger partial charge is 0.493 e. The highest BCUT2D eigenvalue weighted by Gasteiger charge is 2.17. The van der Waals surface area contributed by atoms with Crippen LogP contribution in [-0.2, 0) is 0 Å². The smallest absolute Gasteiger partial charge is 0.326 e. The third-order valence-electron chi connectivity index (χ3n) is 4.90. The molecule has 3 N–H and O–H groups in total. The normalized spacial score (nSPS) is 16.2. The van der Waals surface area contributed by atoms with Crippen molar-refractivity contribution >= 4 is 23.1 Å². The summed E-state index contributed by atoms with van der Waals surface area (Å²) < 4.78 is 1.72. The van der Waals surface area contributed by atoms with Crippen LogP contribution in [-0.4, -0.2) is 35.7 Å². The summed E-state index contributed by atoms with van der Waals surface area (Å²) in [7, 11) is 0. The zero-order valence-corrected chi connectivity index (χ0v) is 16.0. The molecule has 5 rings (SSSR count). The van der Waals surface area contributed by atoms with Gasteiger partial charge in [-0.1, -0.05) is 0 Å². The molecule has 0 radical (unpaired) electrons. The molecule has 4 aromatic rings. The Bertz CT molecular complexity index is 1360. The lowest BCUT2D eigenvalue weighted by Crippen LogP contribution is -2.24. The van der Waals surface area contributed by atoms with Gasteiger partial charge in [0.1, 0.15) is 5.69 Å². The van der Waals surface area contributed by atoms with Gasteiger partial charge in [-0.3, -0.25) is 9.98 Å². The zero-order valence-electron chi connectivity index (χ0n) is 15.1. The molecule has 9 heteroatoms. The molecule has 0 spiro atoms. The molecule has 1 aliphatic carbocycles. The van der Waals surface area contributed by atoms with Gasteiger partial charge in [-0.15, -0.1) is 11.3 Å². The molecule has 8 nitrogen and oxygen atoms in total. The van der Waals surface area contributed by atoms with Gasteiger partial charge >= 0.3 is 5.69 Å². The summed E-state index contributed by atoms with van der Waals surface area (Å²) in [6, 6.07) is 6.43. The first-order chi connectivity index (χ1) is 13.6. The van der Waals surface area contributed by atoms with Crippen LogP contribution in [0.25, 0.3) is 22.3 Å². The van der Waals surface area contributed by atoms with E-state index in [9.17, 15) is 9.90 Å². The second-order valence-corrected chi connectivity index (χ2v) is 8.23. The third-order valence-corrected chi connectivity index (χ3v) is 5.92. The first-order valence-corrected chi connectivity index (χ1v) is 9.91. The second-order valence-electron chi connectivity index (χ2n) is 6.94. The summed E-state index contributed by atoms with van der Waals surface area (Å²) in [5.74, 6) is -0.214. The van der Waals surface area contributed by atoms with Crippen LogP contribution in [0.4, 0.5) is 0 Å². The molecule has 28 heavy (non-hydrogen) atoms. The summed E-state index contributed by atoms with van der Waals surface area (Å²) in [6.45, 7) is 2.06. The molecule has 0 bridgehead atoms. The van der Waals surface area contributed by atoms with E-state index in [4.69, 9.17) is 9.98 Å². The average Bonchev–Trinajstić information content (AvgIpc) is 3.31. The first-order valence-electron chi connectivity index (χ1n) is 9.09. The lowest BCUT2D eigenvalue weighted by Gasteiger charge is -2.20. The molecule has 0 saturated heterocycles. The van der Waals surface area contributed by atoms with Crippen molar-refractivity contribution in [2.24, 2.45) is 4.99 Å². The zero-order chi connectivity index (χ0) is 19.3. The standard InChI is InChI=1S/C19H18N6O2S/c1-10-5-6-15(28-10)13-8-16(21-12-3-2-4-12)25-17(22-13)11(9-20-25)7-14-18(26)24-19(27)23-14/h5-9,12,26H,2-4H2,1H3,(H2,23,24,27)/b11-7-,21-16?. The van der Waals surface area contributed by atoms with Crippen LogP contribution in [0.15, 0.2) is 34.2 Å². The van der Waals surface area contributed by atoms with Crippen molar-refractivity contribution < 1.29 is 5.11 Å². The molecule has 0 atom stereocenters. The van der Waals surface area contributed by atoms with Crippen molar-refractivity contribution in [2.75, 3.05) is 0 Å². The number of aryl methyl sites for hydroxylation is 1. The number of H-pyrrole nitrogens is 2. The molecule has 0 amide bonds. The predicted octanol–water partition coefficient (Wildman–Crippen LogP) is 1.49. The van der Waals surface area contributed by atoms with Crippen LogP contribution in [0.3, 0.4) is 0 Å². The van der Waals surface area contributed by atoms with Crippen molar-refractivity contribution in [1.82, 2.24) is 24.6 Å². The number of hydrogen-bond acceptors (Lipinski definition) is 6. The first kappa shape index (κ1) is 16.9. The fraction of sp³-hybridized carbons (Fsp3) is 0.263. The molecule has 142 valence electrons. The molecular formula is C19H18N6O2S. The minimum atomic E-state index is -0.469. The van der Waals surface area contributed by atoms with E-state index in [1.807, 2.05) is 6.07 Å². The number of nitrogens with one attached hydrogen (secondary N) is 2. The highest BCUT2D eigenvalue weighted by atomic mass is 32.1. The lowest BCUT2D eigenvalue weighted by atomic mass is 9.94. The molecule has 0 aromatic carbocycles. The maximum Gasteiger partial charge on any atom is 0.326 e. The van der Waals surface area contributed by atoms with Gasteiger partial charge in [0, 0.05) is 16.2 Å². The number of nitrogens with zero attached hydrogens (tertiary/aromatic N) is 4. The monoisotopic (exact) mass is 394 g/mol. The summed E-state index contributed by atoms with van der Waals surface area (Å²) in [6.07, 6.45) is 6.71. The van der Waals surface area contributed by atoms with Crippen LogP contribution >= 0.6 is 11.3 Å². The van der Waals surface area contributed by atoms with Crippen LogP contribution in [0, 0.1) is 6.92 Å². The summed E-state index contributed by atoms with van der Waals surface area (Å²) >= 11 is 1.68. The maximum atomic E-state index is 11.4. The Kier molecular flexibility index (Phi) is 3.90. The van der Waals surface area contributed by atoms with Gasteiger partial charge in [0.2, 0.25) is 5.88 Å². The molecule has 1 aliphatic rings. The van der Waals surface area contributed by atoms with Gasteiger partial charge in [0.05, 0.1) is 22.8 Å². The lowest BCUT2D eigenvalue weighted by molar-refractivity contribution is 0.409. The Morgan fingerprint density at radius 3 is 2.86 bits per heavy atom. The van der Waals surface area contributed by atoms with Crippen molar-refractivity contribution in [3.05, 3.63) is 56.2 Å². The molecule has 1 saturated carbocycles.